The fourth-order valence-electron chi connectivity index (χ4n) is 3.46. The second kappa shape index (κ2) is 6.42. The molecule has 1 aromatic heterocycles. The fraction of sp³-hybridized carbons (Fsp3) is 0.421. The van der Waals surface area contributed by atoms with Crippen LogP contribution in [0, 0.1) is 0 Å². The summed E-state index contributed by atoms with van der Waals surface area (Å²) in [5.74, 6) is 1.88. The standard InChI is InChI=1S/C19H22N2O3/c1-13-18(20-8-10-23-13)19(22)21-9-7-15-11-16(24-17(15)12-21)14-5-3-2-4-6-14/h2-6,11,13,18,20H,7-10,12H2,1H3/t13-,18+/m1/s1. The van der Waals surface area contributed by atoms with Gasteiger partial charge in [-0.3, -0.25) is 4.79 Å². The fourth-order valence-corrected chi connectivity index (χ4v) is 3.46. The molecule has 3 heterocycles. The summed E-state index contributed by atoms with van der Waals surface area (Å²) in [4.78, 5) is 14.7. The third kappa shape index (κ3) is 2.85. The molecule has 24 heavy (non-hydrogen) atoms. The Morgan fingerprint density at radius 3 is 2.92 bits per heavy atom. The quantitative estimate of drug-likeness (QED) is 0.919. The van der Waals surface area contributed by atoms with Crippen LogP contribution >= 0.6 is 0 Å². The summed E-state index contributed by atoms with van der Waals surface area (Å²) in [6, 6.07) is 11.9. The largest absolute Gasteiger partial charge is 0.459 e. The van der Waals surface area contributed by atoms with Crippen LogP contribution in [0.5, 0.6) is 0 Å². The normalized spacial score (nSPS) is 23.8. The second-order valence-electron chi connectivity index (χ2n) is 6.44. The number of rotatable bonds is 2. The Labute approximate surface area is 141 Å². The summed E-state index contributed by atoms with van der Waals surface area (Å²) in [6.07, 6.45) is 0.739. The minimum atomic E-state index is -0.260. The smallest absolute Gasteiger partial charge is 0.242 e. The molecule has 0 saturated carbocycles. The van der Waals surface area contributed by atoms with E-state index in [1.165, 1.54) is 5.56 Å². The Balaban J connectivity index is 1.51. The summed E-state index contributed by atoms with van der Waals surface area (Å²) in [5, 5.41) is 3.27. The zero-order chi connectivity index (χ0) is 16.5. The van der Waals surface area contributed by atoms with Gasteiger partial charge in [-0.2, -0.15) is 0 Å². The van der Waals surface area contributed by atoms with Crippen LogP contribution in [0.25, 0.3) is 11.3 Å². The van der Waals surface area contributed by atoms with Gasteiger partial charge in [0.05, 0.1) is 19.3 Å². The number of carbonyl (C=O) groups excluding carboxylic acids is 1. The van der Waals surface area contributed by atoms with Crippen molar-refractivity contribution in [2.24, 2.45) is 0 Å². The molecule has 2 aromatic rings. The van der Waals surface area contributed by atoms with E-state index in [-0.39, 0.29) is 18.1 Å². The molecule has 0 radical (unpaired) electrons. The number of nitrogens with one attached hydrogen (secondary N) is 1. The van der Waals surface area contributed by atoms with E-state index in [2.05, 4.69) is 11.4 Å². The molecule has 0 unspecified atom stereocenters. The van der Waals surface area contributed by atoms with Gasteiger partial charge in [0.25, 0.3) is 0 Å². The van der Waals surface area contributed by atoms with Crippen molar-refractivity contribution in [3.8, 4) is 11.3 Å². The maximum Gasteiger partial charge on any atom is 0.242 e. The number of furan rings is 1. The summed E-state index contributed by atoms with van der Waals surface area (Å²) in [6.45, 7) is 4.59. The number of carbonyl (C=O) groups is 1. The van der Waals surface area contributed by atoms with Crippen molar-refractivity contribution in [2.75, 3.05) is 19.7 Å². The first-order valence-electron chi connectivity index (χ1n) is 8.53. The molecule has 1 fully saturated rings. The monoisotopic (exact) mass is 326 g/mol. The van der Waals surface area contributed by atoms with Crippen molar-refractivity contribution in [3.05, 3.63) is 47.7 Å². The van der Waals surface area contributed by atoms with E-state index in [1.807, 2.05) is 42.2 Å². The van der Waals surface area contributed by atoms with Gasteiger partial charge in [-0.25, -0.2) is 0 Å². The van der Waals surface area contributed by atoms with Gasteiger partial charge in [0.2, 0.25) is 5.91 Å². The predicted octanol–water partition coefficient (Wildman–Crippen LogP) is 2.21. The summed E-state index contributed by atoms with van der Waals surface area (Å²) in [7, 11) is 0. The van der Waals surface area contributed by atoms with E-state index < -0.39 is 0 Å². The van der Waals surface area contributed by atoms with E-state index in [1.54, 1.807) is 0 Å². The summed E-state index contributed by atoms with van der Waals surface area (Å²) < 4.78 is 11.6. The van der Waals surface area contributed by atoms with Gasteiger partial charge in [-0.15, -0.1) is 0 Å². The van der Waals surface area contributed by atoms with Gasteiger partial charge in [0.15, 0.2) is 0 Å². The van der Waals surface area contributed by atoms with Gasteiger partial charge in [0.1, 0.15) is 17.6 Å². The van der Waals surface area contributed by atoms with Crippen LogP contribution in [0.2, 0.25) is 0 Å². The number of nitrogens with zero attached hydrogens (tertiary/aromatic N) is 1. The van der Waals surface area contributed by atoms with Crippen LogP contribution in [0.3, 0.4) is 0 Å². The summed E-state index contributed by atoms with van der Waals surface area (Å²) in [5.41, 5.74) is 2.28. The van der Waals surface area contributed by atoms with Crippen LogP contribution in [0.1, 0.15) is 18.2 Å². The number of fused-ring (bicyclic) bond motifs is 1. The van der Waals surface area contributed by atoms with Gasteiger partial charge < -0.3 is 19.4 Å². The van der Waals surface area contributed by atoms with Crippen molar-refractivity contribution < 1.29 is 13.9 Å². The van der Waals surface area contributed by atoms with Crippen molar-refractivity contribution in [2.45, 2.75) is 32.0 Å². The van der Waals surface area contributed by atoms with E-state index >= 15 is 0 Å². The third-order valence-electron chi connectivity index (χ3n) is 4.83. The van der Waals surface area contributed by atoms with Gasteiger partial charge in [-0.05, 0) is 25.0 Å². The first-order valence-corrected chi connectivity index (χ1v) is 8.53. The summed E-state index contributed by atoms with van der Waals surface area (Å²) >= 11 is 0. The first kappa shape index (κ1) is 15.4. The molecular weight excluding hydrogens is 304 g/mol. The molecule has 5 nitrogen and oxygen atoms in total. The Bertz CT molecular complexity index is 725. The van der Waals surface area contributed by atoms with Crippen LogP contribution in [-0.2, 0) is 22.5 Å². The third-order valence-corrected chi connectivity index (χ3v) is 4.83. The number of benzene rings is 1. The van der Waals surface area contributed by atoms with Crippen molar-refractivity contribution in [3.63, 3.8) is 0 Å². The molecule has 2 aliphatic heterocycles. The molecule has 2 aliphatic rings. The molecule has 1 saturated heterocycles. The lowest BCUT2D eigenvalue weighted by molar-refractivity contribution is -0.140. The molecule has 2 atom stereocenters. The van der Waals surface area contributed by atoms with Gasteiger partial charge in [-0.1, -0.05) is 30.3 Å². The molecule has 126 valence electrons. The van der Waals surface area contributed by atoms with E-state index in [9.17, 15) is 4.79 Å². The molecular formula is C19H22N2O3. The van der Waals surface area contributed by atoms with E-state index in [0.717, 1.165) is 36.6 Å². The average Bonchev–Trinajstić information content (AvgIpc) is 3.05. The first-order chi connectivity index (χ1) is 11.7. The van der Waals surface area contributed by atoms with Gasteiger partial charge >= 0.3 is 0 Å². The Morgan fingerprint density at radius 1 is 1.29 bits per heavy atom. The van der Waals surface area contributed by atoms with Crippen LogP contribution in [-0.4, -0.2) is 42.6 Å². The average molecular weight is 326 g/mol. The lowest BCUT2D eigenvalue weighted by Crippen LogP contribution is -2.57. The topological polar surface area (TPSA) is 54.7 Å². The molecule has 1 N–H and O–H groups in total. The molecule has 1 aromatic carbocycles. The molecule has 4 rings (SSSR count). The molecule has 5 heteroatoms. The predicted molar refractivity (Wildman–Crippen MR) is 90.5 cm³/mol. The number of hydrogen-bond donors (Lipinski definition) is 1. The highest BCUT2D eigenvalue weighted by Crippen LogP contribution is 2.29. The minimum absolute atomic E-state index is 0.0934. The molecule has 0 spiro atoms. The lowest BCUT2D eigenvalue weighted by Gasteiger charge is -2.35. The number of hydrogen-bond acceptors (Lipinski definition) is 4. The van der Waals surface area contributed by atoms with Crippen molar-refractivity contribution in [1.29, 1.82) is 0 Å². The highest BCUT2D eigenvalue weighted by atomic mass is 16.5. The van der Waals surface area contributed by atoms with Crippen LogP contribution in [0.15, 0.2) is 40.8 Å². The zero-order valence-electron chi connectivity index (χ0n) is 13.8. The molecule has 0 bridgehead atoms. The van der Waals surface area contributed by atoms with E-state index in [4.69, 9.17) is 9.15 Å². The Morgan fingerprint density at radius 2 is 2.12 bits per heavy atom. The van der Waals surface area contributed by atoms with Crippen LogP contribution in [0.4, 0.5) is 0 Å². The zero-order valence-corrected chi connectivity index (χ0v) is 13.8. The minimum Gasteiger partial charge on any atom is -0.459 e. The van der Waals surface area contributed by atoms with Crippen molar-refractivity contribution in [1.82, 2.24) is 10.2 Å². The van der Waals surface area contributed by atoms with Crippen molar-refractivity contribution >= 4 is 5.91 Å². The van der Waals surface area contributed by atoms with E-state index in [0.29, 0.717) is 13.2 Å². The maximum atomic E-state index is 12.8. The highest BCUT2D eigenvalue weighted by Gasteiger charge is 2.34. The van der Waals surface area contributed by atoms with Gasteiger partial charge in [0, 0.05) is 18.7 Å². The Kier molecular flexibility index (Phi) is 4.12. The maximum absolute atomic E-state index is 12.8. The number of morpholine rings is 1. The Hall–Kier alpha value is -2.11. The second-order valence-corrected chi connectivity index (χ2v) is 6.44. The number of amides is 1. The lowest BCUT2D eigenvalue weighted by atomic mass is 10.0. The molecule has 1 amide bonds. The SMILES string of the molecule is C[C@H]1OCCN[C@@H]1C(=O)N1CCc2cc(-c3ccccc3)oc2C1. The number of ether oxygens (including phenoxy) is 1. The molecule has 0 aliphatic carbocycles. The highest BCUT2D eigenvalue weighted by molar-refractivity contribution is 5.83. The van der Waals surface area contributed by atoms with Crippen LogP contribution < -0.4 is 5.32 Å².